The zero-order chi connectivity index (χ0) is 15.2. The molecule has 0 radical (unpaired) electrons. The second-order valence-corrected chi connectivity index (χ2v) is 7.38. The molecule has 118 valence electrons. The number of nitrogens with zero attached hydrogens (tertiary/aromatic N) is 4. The zero-order valence-electron chi connectivity index (χ0n) is 12.3. The Bertz CT molecular complexity index is 571. The van der Waals surface area contributed by atoms with Crippen molar-refractivity contribution in [3.63, 3.8) is 0 Å². The number of hydrogen-bond acceptors (Lipinski definition) is 6. The maximum absolute atomic E-state index is 13.2. The molecular formula is C15H19FN4S2. The first-order valence-corrected chi connectivity index (χ1v) is 9.30. The van der Waals surface area contributed by atoms with Crippen molar-refractivity contribution in [1.82, 2.24) is 14.9 Å². The van der Waals surface area contributed by atoms with Crippen molar-refractivity contribution in [2.75, 3.05) is 43.4 Å². The summed E-state index contributed by atoms with van der Waals surface area (Å²) in [5, 5.41) is 2.02. The molecule has 3 heterocycles. The summed E-state index contributed by atoms with van der Waals surface area (Å²) in [5.41, 5.74) is 0. The highest BCUT2D eigenvalue weighted by Crippen LogP contribution is 2.21. The van der Waals surface area contributed by atoms with Crippen LogP contribution in [0.4, 0.5) is 10.2 Å². The largest absolute Gasteiger partial charge is 0.354 e. The first-order valence-electron chi connectivity index (χ1n) is 7.43. The van der Waals surface area contributed by atoms with Gasteiger partial charge in [-0.2, -0.15) is 4.39 Å². The van der Waals surface area contributed by atoms with Crippen LogP contribution < -0.4 is 4.90 Å². The Hall–Kier alpha value is -1.18. The molecule has 7 heteroatoms. The van der Waals surface area contributed by atoms with Gasteiger partial charge in [0.1, 0.15) is 10.2 Å². The van der Waals surface area contributed by atoms with Gasteiger partial charge in [0.15, 0.2) is 0 Å². The van der Waals surface area contributed by atoms with Crippen molar-refractivity contribution in [1.29, 1.82) is 0 Å². The summed E-state index contributed by atoms with van der Waals surface area (Å²) in [6.07, 6.45) is 3.02. The van der Waals surface area contributed by atoms with E-state index in [1.54, 1.807) is 17.4 Å². The number of rotatable bonds is 6. The summed E-state index contributed by atoms with van der Waals surface area (Å²) in [6, 6.07) is 4.99. The van der Waals surface area contributed by atoms with E-state index < -0.39 is 5.95 Å². The Labute approximate surface area is 138 Å². The predicted molar refractivity (Wildman–Crippen MR) is 90.3 cm³/mol. The van der Waals surface area contributed by atoms with E-state index in [2.05, 4.69) is 19.8 Å². The third-order valence-corrected chi connectivity index (χ3v) is 5.70. The van der Waals surface area contributed by atoms with Crippen LogP contribution >= 0.6 is 23.1 Å². The van der Waals surface area contributed by atoms with Gasteiger partial charge in [0, 0.05) is 43.5 Å². The fourth-order valence-corrected chi connectivity index (χ4v) is 4.14. The van der Waals surface area contributed by atoms with E-state index in [9.17, 15) is 4.39 Å². The van der Waals surface area contributed by atoms with Gasteiger partial charge in [0.05, 0.1) is 0 Å². The van der Waals surface area contributed by atoms with Crippen LogP contribution in [0.2, 0.25) is 0 Å². The predicted octanol–water partition coefficient (Wildman–Crippen LogP) is 2.98. The Balaban J connectivity index is 1.37. The molecule has 4 nitrogen and oxygen atoms in total. The van der Waals surface area contributed by atoms with E-state index >= 15 is 0 Å². The molecule has 0 amide bonds. The Kier molecular flexibility index (Phi) is 5.64. The molecule has 0 aromatic carbocycles. The van der Waals surface area contributed by atoms with Crippen molar-refractivity contribution in [2.24, 2.45) is 0 Å². The molecule has 1 saturated heterocycles. The normalized spacial score (nSPS) is 16.1. The number of halogens is 1. The molecule has 2 aromatic rings. The highest BCUT2D eigenvalue weighted by Gasteiger charge is 2.17. The molecule has 0 aliphatic carbocycles. The van der Waals surface area contributed by atoms with E-state index in [-0.39, 0.29) is 0 Å². The van der Waals surface area contributed by atoms with E-state index in [0.29, 0.717) is 0 Å². The van der Waals surface area contributed by atoms with Crippen LogP contribution in [-0.2, 0) is 0 Å². The van der Waals surface area contributed by atoms with E-state index in [4.69, 9.17) is 0 Å². The van der Waals surface area contributed by atoms with Crippen LogP contribution in [0.15, 0.2) is 34.1 Å². The van der Waals surface area contributed by atoms with Crippen molar-refractivity contribution < 1.29 is 4.39 Å². The van der Waals surface area contributed by atoms with Crippen LogP contribution in [0.1, 0.15) is 6.42 Å². The van der Waals surface area contributed by atoms with Gasteiger partial charge in [0.2, 0.25) is 5.95 Å². The first-order chi connectivity index (χ1) is 10.8. The minimum absolute atomic E-state index is 0.404. The molecule has 2 aromatic heterocycles. The number of hydrogen-bond donors (Lipinski definition) is 0. The maximum atomic E-state index is 13.2. The smallest absolute Gasteiger partial charge is 0.214 e. The highest BCUT2D eigenvalue weighted by molar-refractivity contribution is 8.00. The number of thiazole rings is 1. The molecule has 0 unspecified atom stereocenters. The Morgan fingerprint density at radius 1 is 1.23 bits per heavy atom. The molecule has 22 heavy (non-hydrogen) atoms. The van der Waals surface area contributed by atoms with Crippen molar-refractivity contribution in [2.45, 2.75) is 10.8 Å². The third kappa shape index (κ3) is 4.41. The van der Waals surface area contributed by atoms with Gasteiger partial charge in [-0.25, -0.2) is 9.97 Å². The van der Waals surface area contributed by atoms with Gasteiger partial charge < -0.3 is 4.90 Å². The van der Waals surface area contributed by atoms with Crippen LogP contribution in [0, 0.1) is 5.95 Å². The minimum atomic E-state index is -0.404. The molecule has 0 bridgehead atoms. The van der Waals surface area contributed by atoms with E-state index in [1.807, 2.05) is 29.4 Å². The quantitative estimate of drug-likeness (QED) is 0.459. The average molecular weight is 338 g/mol. The fourth-order valence-electron chi connectivity index (χ4n) is 2.50. The number of piperazine rings is 1. The summed E-state index contributed by atoms with van der Waals surface area (Å²) in [7, 11) is 0. The van der Waals surface area contributed by atoms with Gasteiger partial charge in [-0.3, -0.25) is 4.90 Å². The van der Waals surface area contributed by atoms with Gasteiger partial charge >= 0.3 is 0 Å². The lowest BCUT2D eigenvalue weighted by Gasteiger charge is -2.35. The molecule has 1 aliphatic rings. The summed E-state index contributed by atoms with van der Waals surface area (Å²) < 4.78 is 14.3. The number of aromatic nitrogens is 2. The molecule has 3 rings (SSSR count). The third-order valence-electron chi connectivity index (χ3n) is 3.65. The molecule has 1 fully saturated rings. The zero-order valence-corrected chi connectivity index (χ0v) is 14.0. The van der Waals surface area contributed by atoms with Crippen LogP contribution in [0.25, 0.3) is 0 Å². The molecule has 0 N–H and O–H groups in total. The van der Waals surface area contributed by atoms with Crippen LogP contribution in [0.3, 0.4) is 0 Å². The SMILES string of the molecule is Fc1cccc(N2CCN(CCCSc3nccs3)CC2)n1. The second-order valence-electron chi connectivity index (χ2n) is 5.15. The first kappa shape index (κ1) is 15.7. The van der Waals surface area contributed by atoms with Crippen LogP contribution in [0.5, 0.6) is 0 Å². The second kappa shape index (κ2) is 7.89. The van der Waals surface area contributed by atoms with Crippen LogP contribution in [-0.4, -0.2) is 53.3 Å². The Morgan fingerprint density at radius 2 is 2.09 bits per heavy atom. The lowest BCUT2D eigenvalue weighted by Crippen LogP contribution is -2.47. The van der Waals surface area contributed by atoms with Gasteiger partial charge in [-0.15, -0.1) is 11.3 Å². The molecule has 0 saturated carbocycles. The molecule has 0 spiro atoms. The number of pyridine rings is 1. The monoisotopic (exact) mass is 338 g/mol. The minimum Gasteiger partial charge on any atom is -0.354 e. The van der Waals surface area contributed by atoms with Gasteiger partial charge in [-0.05, 0) is 25.1 Å². The number of anilines is 1. The molecule has 0 atom stereocenters. The lowest BCUT2D eigenvalue weighted by atomic mass is 10.3. The van der Waals surface area contributed by atoms with Crippen molar-refractivity contribution in [3.05, 3.63) is 35.7 Å². The van der Waals surface area contributed by atoms with Crippen molar-refractivity contribution >= 4 is 28.9 Å². The Morgan fingerprint density at radius 3 is 2.82 bits per heavy atom. The molecular weight excluding hydrogens is 319 g/mol. The average Bonchev–Trinajstić information content (AvgIpc) is 3.06. The van der Waals surface area contributed by atoms with E-state index in [1.165, 1.54) is 12.5 Å². The van der Waals surface area contributed by atoms with Gasteiger partial charge in [0.25, 0.3) is 0 Å². The standard InChI is InChI=1S/C15H19FN4S2/c16-13-3-1-4-14(18-13)20-9-7-19(8-10-20)6-2-11-21-15-17-5-12-22-15/h1,3-5,12H,2,6-11H2. The maximum Gasteiger partial charge on any atom is 0.214 e. The topological polar surface area (TPSA) is 32.3 Å². The summed E-state index contributed by atoms with van der Waals surface area (Å²) in [6.45, 7) is 4.97. The molecule has 1 aliphatic heterocycles. The highest BCUT2D eigenvalue weighted by atomic mass is 32.2. The number of thioether (sulfide) groups is 1. The lowest BCUT2D eigenvalue weighted by molar-refractivity contribution is 0.258. The van der Waals surface area contributed by atoms with Gasteiger partial charge in [-0.1, -0.05) is 17.8 Å². The summed E-state index contributed by atoms with van der Waals surface area (Å²) >= 11 is 3.54. The summed E-state index contributed by atoms with van der Waals surface area (Å²) in [4.78, 5) is 12.9. The van der Waals surface area contributed by atoms with Crippen molar-refractivity contribution in [3.8, 4) is 0 Å². The summed E-state index contributed by atoms with van der Waals surface area (Å²) in [5.74, 6) is 1.46. The fraction of sp³-hybridized carbons (Fsp3) is 0.467. The van der Waals surface area contributed by atoms with E-state index in [0.717, 1.165) is 48.6 Å².